The van der Waals surface area contributed by atoms with Crippen molar-refractivity contribution in [1.29, 1.82) is 0 Å². The molecule has 1 aliphatic carbocycles. The summed E-state index contributed by atoms with van der Waals surface area (Å²) in [6, 6.07) is 15.3. The highest BCUT2D eigenvalue weighted by Gasteiger charge is 2.43. The van der Waals surface area contributed by atoms with E-state index in [1.165, 1.54) is 36.2 Å². The molecule has 132 valence electrons. The molecular weight excluding hydrogens is 330 g/mol. The standard InChI is InChI=1S/C22H25NO.ClH/c1-3-23-11-10-19-21(13-23)18-9-4-15(2)12-20(18)22(19)17-7-5-16(14-24)6-8-17;/h4-9,12,14,19,21-22H,3,10-11,13H2,1-2H3;1H. The van der Waals surface area contributed by atoms with Gasteiger partial charge in [0.25, 0.3) is 0 Å². The summed E-state index contributed by atoms with van der Waals surface area (Å²) in [7, 11) is 0. The van der Waals surface area contributed by atoms with Crippen molar-refractivity contribution in [2.75, 3.05) is 19.6 Å². The molecular formula is C22H26ClNO. The Bertz CT molecular complexity index is 755. The summed E-state index contributed by atoms with van der Waals surface area (Å²) in [5.41, 5.74) is 6.53. The first kappa shape index (κ1) is 18.2. The van der Waals surface area contributed by atoms with Gasteiger partial charge in [-0.05, 0) is 49.0 Å². The highest BCUT2D eigenvalue weighted by Crippen LogP contribution is 2.53. The Labute approximate surface area is 156 Å². The predicted octanol–water partition coefficient (Wildman–Crippen LogP) is 4.80. The SMILES string of the molecule is CCN1CCC2C(C1)c1ccc(C)cc1C2c1ccc(C=O)cc1.Cl. The van der Waals surface area contributed by atoms with Gasteiger partial charge in [0.05, 0.1) is 0 Å². The minimum atomic E-state index is 0. The molecule has 0 saturated carbocycles. The van der Waals surface area contributed by atoms with Crippen LogP contribution in [0.3, 0.4) is 0 Å². The Balaban J connectivity index is 0.00000182. The van der Waals surface area contributed by atoms with Crippen LogP contribution in [0.25, 0.3) is 0 Å². The maximum absolute atomic E-state index is 11.0. The normalized spacial score (nSPS) is 25.0. The molecule has 1 aliphatic heterocycles. The van der Waals surface area contributed by atoms with Gasteiger partial charge in [0, 0.05) is 23.9 Å². The van der Waals surface area contributed by atoms with Gasteiger partial charge in [-0.25, -0.2) is 0 Å². The van der Waals surface area contributed by atoms with E-state index >= 15 is 0 Å². The molecule has 4 rings (SSSR count). The molecule has 0 amide bonds. The predicted molar refractivity (Wildman–Crippen MR) is 105 cm³/mol. The highest BCUT2D eigenvalue weighted by atomic mass is 35.5. The van der Waals surface area contributed by atoms with Crippen LogP contribution in [0.15, 0.2) is 42.5 Å². The van der Waals surface area contributed by atoms with E-state index < -0.39 is 0 Å². The third-order valence-corrected chi connectivity index (χ3v) is 6.03. The van der Waals surface area contributed by atoms with Crippen molar-refractivity contribution in [2.24, 2.45) is 5.92 Å². The van der Waals surface area contributed by atoms with Crippen LogP contribution >= 0.6 is 12.4 Å². The monoisotopic (exact) mass is 355 g/mol. The molecule has 0 spiro atoms. The molecule has 1 saturated heterocycles. The highest BCUT2D eigenvalue weighted by molar-refractivity contribution is 5.85. The van der Waals surface area contributed by atoms with Gasteiger partial charge < -0.3 is 4.90 Å². The lowest BCUT2D eigenvalue weighted by molar-refractivity contribution is 0.112. The minimum absolute atomic E-state index is 0. The Hall–Kier alpha value is -1.64. The van der Waals surface area contributed by atoms with Crippen LogP contribution in [0.4, 0.5) is 0 Å². The first-order valence-electron chi connectivity index (χ1n) is 9.09. The summed E-state index contributed by atoms with van der Waals surface area (Å²) in [5, 5.41) is 0. The molecule has 1 heterocycles. The smallest absolute Gasteiger partial charge is 0.150 e. The maximum atomic E-state index is 11.0. The molecule has 3 heteroatoms. The summed E-state index contributed by atoms with van der Waals surface area (Å²) in [6.45, 7) is 7.98. The van der Waals surface area contributed by atoms with E-state index in [1.54, 1.807) is 5.56 Å². The van der Waals surface area contributed by atoms with E-state index in [9.17, 15) is 4.79 Å². The Morgan fingerprint density at radius 2 is 1.88 bits per heavy atom. The number of nitrogens with zero attached hydrogens (tertiary/aromatic N) is 1. The number of piperidine rings is 1. The topological polar surface area (TPSA) is 20.3 Å². The fourth-order valence-electron chi connectivity index (χ4n) is 4.79. The zero-order valence-corrected chi connectivity index (χ0v) is 15.8. The minimum Gasteiger partial charge on any atom is -0.303 e. The molecule has 0 radical (unpaired) electrons. The molecule has 3 unspecified atom stereocenters. The summed E-state index contributed by atoms with van der Waals surface area (Å²) in [5.74, 6) is 1.81. The van der Waals surface area contributed by atoms with Crippen LogP contribution in [0.2, 0.25) is 0 Å². The second kappa shape index (κ2) is 7.31. The average molecular weight is 356 g/mol. The molecule has 0 bridgehead atoms. The molecule has 25 heavy (non-hydrogen) atoms. The number of carbonyl (C=O) groups is 1. The zero-order valence-electron chi connectivity index (χ0n) is 14.9. The van der Waals surface area contributed by atoms with E-state index in [4.69, 9.17) is 0 Å². The second-order valence-electron chi connectivity index (χ2n) is 7.35. The molecule has 2 aromatic rings. The number of likely N-dealkylation sites (tertiary alicyclic amines) is 1. The zero-order chi connectivity index (χ0) is 16.7. The summed E-state index contributed by atoms with van der Waals surface area (Å²) in [6.07, 6.45) is 2.19. The third-order valence-electron chi connectivity index (χ3n) is 6.03. The number of rotatable bonds is 3. The number of hydrogen-bond donors (Lipinski definition) is 0. The van der Waals surface area contributed by atoms with Crippen molar-refractivity contribution in [3.05, 3.63) is 70.3 Å². The molecule has 2 nitrogen and oxygen atoms in total. The largest absolute Gasteiger partial charge is 0.303 e. The van der Waals surface area contributed by atoms with Crippen molar-refractivity contribution in [1.82, 2.24) is 4.90 Å². The molecule has 3 atom stereocenters. The van der Waals surface area contributed by atoms with Crippen molar-refractivity contribution >= 4 is 18.7 Å². The number of aldehydes is 1. The van der Waals surface area contributed by atoms with E-state index in [2.05, 4.69) is 49.1 Å². The van der Waals surface area contributed by atoms with Gasteiger partial charge in [-0.15, -0.1) is 12.4 Å². The second-order valence-corrected chi connectivity index (χ2v) is 7.35. The van der Waals surface area contributed by atoms with Crippen LogP contribution in [0.1, 0.15) is 57.8 Å². The number of fused-ring (bicyclic) bond motifs is 3. The first-order chi connectivity index (χ1) is 11.7. The van der Waals surface area contributed by atoms with Crippen molar-refractivity contribution in [3.63, 3.8) is 0 Å². The molecule has 2 aliphatic rings. The number of benzene rings is 2. The van der Waals surface area contributed by atoms with Crippen LogP contribution in [-0.2, 0) is 0 Å². The molecule has 0 aromatic heterocycles. The van der Waals surface area contributed by atoms with Crippen molar-refractivity contribution in [3.8, 4) is 0 Å². The lowest BCUT2D eigenvalue weighted by Crippen LogP contribution is -2.38. The average Bonchev–Trinajstić information content (AvgIpc) is 2.94. The summed E-state index contributed by atoms with van der Waals surface area (Å²) in [4.78, 5) is 13.6. The number of halogens is 1. The fraction of sp³-hybridized carbons (Fsp3) is 0.409. The molecule has 2 aromatic carbocycles. The van der Waals surface area contributed by atoms with Gasteiger partial charge >= 0.3 is 0 Å². The number of aryl methyl sites for hydroxylation is 1. The van der Waals surface area contributed by atoms with E-state index in [0.717, 1.165) is 18.4 Å². The van der Waals surface area contributed by atoms with Gasteiger partial charge in [0.15, 0.2) is 0 Å². The van der Waals surface area contributed by atoms with Gasteiger partial charge in [-0.2, -0.15) is 0 Å². The van der Waals surface area contributed by atoms with Crippen molar-refractivity contribution < 1.29 is 4.79 Å². The third kappa shape index (κ3) is 3.14. The van der Waals surface area contributed by atoms with Crippen LogP contribution in [-0.4, -0.2) is 30.8 Å². The van der Waals surface area contributed by atoms with E-state index in [-0.39, 0.29) is 12.4 Å². The van der Waals surface area contributed by atoms with Gasteiger partial charge in [-0.3, -0.25) is 4.79 Å². The maximum Gasteiger partial charge on any atom is 0.150 e. The quantitative estimate of drug-likeness (QED) is 0.737. The molecule has 0 N–H and O–H groups in total. The summed E-state index contributed by atoms with van der Waals surface area (Å²) >= 11 is 0. The van der Waals surface area contributed by atoms with Gasteiger partial charge in [0.2, 0.25) is 0 Å². The van der Waals surface area contributed by atoms with Crippen LogP contribution in [0.5, 0.6) is 0 Å². The van der Waals surface area contributed by atoms with E-state index in [1.807, 2.05) is 12.1 Å². The van der Waals surface area contributed by atoms with Gasteiger partial charge in [0.1, 0.15) is 6.29 Å². The fourth-order valence-corrected chi connectivity index (χ4v) is 4.79. The lowest BCUT2D eigenvalue weighted by Gasteiger charge is -2.37. The van der Waals surface area contributed by atoms with E-state index in [0.29, 0.717) is 17.8 Å². The van der Waals surface area contributed by atoms with Crippen molar-refractivity contribution in [2.45, 2.75) is 32.1 Å². The lowest BCUT2D eigenvalue weighted by atomic mass is 9.78. The number of hydrogen-bond acceptors (Lipinski definition) is 2. The first-order valence-corrected chi connectivity index (χ1v) is 9.09. The Morgan fingerprint density at radius 1 is 1.12 bits per heavy atom. The number of carbonyl (C=O) groups excluding carboxylic acids is 1. The number of likely N-dealkylation sites (N-methyl/N-ethyl adjacent to an activating group) is 1. The Kier molecular flexibility index (Phi) is 5.31. The Morgan fingerprint density at radius 3 is 2.56 bits per heavy atom. The van der Waals surface area contributed by atoms with Crippen LogP contribution < -0.4 is 0 Å². The molecule has 1 fully saturated rings. The van der Waals surface area contributed by atoms with Gasteiger partial charge in [-0.1, -0.05) is 55.0 Å². The van der Waals surface area contributed by atoms with Crippen LogP contribution in [0, 0.1) is 12.8 Å². The summed E-state index contributed by atoms with van der Waals surface area (Å²) < 4.78 is 0.